The van der Waals surface area contributed by atoms with E-state index in [4.69, 9.17) is 9.90 Å². The van der Waals surface area contributed by atoms with Crippen LogP contribution in [0.1, 0.15) is 6.92 Å². The van der Waals surface area contributed by atoms with E-state index in [1.54, 1.807) is 7.05 Å². The maximum Gasteiger partial charge on any atom is 0.300 e. The van der Waals surface area contributed by atoms with Gasteiger partial charge in [0, 0.05) is 6.92 Å². The zero-order valence-corrected chi connectivity index (χ0v) is 4.43. The number of carboxylic acids is 1. The highest BCUT2D eigenvalue weighted by atomic mass is 16.4. The number of nitrogens with two attached hydrogens (primary N) is 1. The molecule has 0 heterocycles. The van der Waals surface area contributed by atoms with E-state index in [1.165, 1.54) is 0 Å². The first-order chi connectivity index (χ1) is 3.15. The van der Waals surface area contributed by atoms with E-state index in [9.17, 15) is 0 Å². The van der Waals surface area contributed by atoms with Crippen molar-refractivity contribution in [1.29, 1.82) is 0 Å². The van der Waals surface area contributed by atoms with Gasteiger partial charge in [0.2, 0.25) is 0 Å². The molecular weight excluding hydrogens is 96.0 g/mol. The van der Waals surface area contributed by atoms with Crippen LogP contribution in [-0.2, 0) is 4.79 Å². The number of rotatable bonds is 0. The normalized spacial score (nSPS) is 6.14. The van der Waals surface area contributed by atoms with Crippen molar-refractivity contribution in [2.45, 2.75) is 6.92 Å². The molecule has 0 bridgehead atoms. The molecule has 0 amide bonds. The maximum absolute atomic E-state index is 9.00. The first-order valence-corrected chi connectivity index (χ1v) is 1.72. The number of nitrogens with one attached hydrogen (secondary N) is 1. The summed E-state index contributed by atoms with van der Waals surface area (Å²) in [6.45, 7) is 1.08. The molecule has 0 aliphatic carbocycles. The van der Waals surface area contributed by atoms with Crippen molar-refractivity contribution in [3.63, 3.8) is 0 Å². The molecule has 0 aromatic rings. The molecule has 0 saturated carbocycles. The second kappa shape index (κ2) is 9.04. The van der Waals surface area contributed by atoms with E-state index in [-0.39, 0.29) is 0 Å². The van der Waals surface area contributed by atoms with Gasteiger partial charge in [-0.2, -0.15) is 0 Å². The van der Waals surface area contributed by atoms with Gasteiger partial charge in [0.05, 0.1) is 0 Å². The molecular formula is C3H10N2O2. The number of hydrogen-bond acceptors (Lipinski definition) is 3. The van der Waals surface area contributed by atoms with Gasteiger partial charge in [0.15, 0.2) is 0 Å². The number of aliphatic carboxylic acids is 1. The molecule has 4 nitrogen and oxygen atoms in total. The molecule has 0 radical (unpaired) electrons. The molecule has 0 aromatic carbocycles. The number of hydrogen-bond donors (Lipinski definition) is 3. The Bertz CT molecular complexity index is 42.2. The molecule has 4 N–H and O–H groups in total. The van der Waals surface area contributed by atoms with Gasteiger partial charge in [-0.15, -0.1) is 0 Å². The summed E-state index contributed by atoms with van der Waals surface area (Å²) in [5, 5.41) is 7.42. The fraction of sp³-hybridized carbons (Fsp3) is 0.667. The molecule has 4 heteroatoms. The van der Waals surface area contributed by atoms with Gasteiger partial charge >= 0.3 is 0 Å². The van der Waals surface area contributed by atoms with Crippen LogP contribution >= 0.6 is 0 Å². The highest BCUT2D eigenvalue weighted by Crippen LogP contribution is 1.42. The van der Waals surface area contributed by atoms with Crippen LogP contribution in [0.2, 0.25) is 0 Å². The summed E-state index contributed by atoms with van der Waals surface area (Å²) < 4.78 is 0. The minimum atomic E-state index is -0.833. The van der Waals surface area contributed by atoms with Gasteiger partial charge in [0.25, 0.3) is 5.97 Å². The summed E-state index contributed by atoms with van der Waals surface area (Å²) in [5.74, 6) is 3.76. The quantitative estimate of drug-likeness (QED) is 0.278. The molecule has 0 rings (SSSR count). The minimum absolute atomic E-state index is 0.833. The van der Waals surface area contributed by atoms with Crippen molar-refractivity contribution in [2.75, 3.05) is 7.05 Å². The van der Waals surface area contributed by atoms with Crippen molar-refractivity contribution in [2.24, 2.45) is 5.84 Å². The average molecular weight is 106 g/mol. The molecule has 0 atom stereocenters. The lowest BCUT2D eigenvalue weighted by Crippen LogP contribution is -2.13. The largest absolute Gasteiger partial charge is 0.481 e. The third-order valence-electron chi connectivity index (χ3n) is 0. The lowest BCUT2D eigenvalue weighted by Gasteiger charge is -1.62. The van der Waals surface area contributed by atoms with Gasteiger partial charge < -0.3 is 5.11 Å². The first kappa shape index (κ1) is 9.63. The summed E-state index contributed by atoms with van der Waals surface area (Å²) in [5.41, 5.74) is 2.25. The summed E-state index contributed by atoms with van der Waals surface area (Å²) in [7, 11) is 1.65. The molecule has 7 heavy (non-hydrogen) atoms. The van der Waals surface area contributed by atoms with Crippen LogP contribution < -0.4 is 11.3 Å². The van der Waals surface area contributed by atoms with E-state index in [2.05, 4.69) is 11.3 Å². The van der Waals surface area contributed by atoms with Crippen molar-refractivity contribution in [3.8, 4) is 0 Å². The van der Waals surface area contributed by atoms with Gasteiger partial charge in [-0.05, 0) is 7.05 Å². The lowest BCUT2D eigenvalue weighted by atomic mass is 10.9. The third-order valence-corrected chi connectivity index (χ3v) is 0. The van der Waals surface area contributed by atoms with Crippen LogP contribution in [0.3, 0.4) is 0 Å². The van der Waals surface area contributed by atoms with Gasteiger partial charge in [-0.3, -0.25) is 16.1 Å². The first-order valence-electron chi connectivity index (χ1n) is 1.72. The topological polar surface area (TPSA) is 75.3 Å². The number of carbonyl (C=O) groups is 1. The van der Waals surface area contributed by atoms with Crippen LogP contribution in [0.15, 0.2) is 0 Å². The Labute approximate surface area is 42.3 Å². The van der Waals surface area contributed by atoms with Crippen LogP contribution in [0.4, 0.5) is 0 Å². The number of hydrazine groups is 1. The monoisotopic (exact) mass is 106 g/mol. The molecule has 0 aliphatic rings. The predicted octanol–water partition coefficient (Wildman–Crippen LogP) is -0.830. The van der Waals surface area contributed by atoms with Crippen LogP contribution in [0.25, 0.3) is 0 Å². The second-order valence-electron chi connectivity index (χ2n) is 0.808. The number of carboxylic acid groups (broad SMARTS) is 1. The summed E-state index contributed by atoms with van der Waals surface area (Å²) in [6, 6.07) is 0. The maximum atomic E-state index is 9.00. The molecule has 0 aromatic heterocycles. The van der Waals surface area contributed by atoms with E-state index in [0.717, 1.165) is 6.92 Å². The Morgan fingerprint density at radius 3 is 1.86 bits per heavy atom. The Kier molecular flexibility index (Phi) is 12.4. The smallest absolute Gasteiger partial charge is 0.300 e. The van der Waals surface area contributed by atoms with Crippen molar-refractivity contribution >= 4 is 5.97 Å². The molecule has 0 fully saturated rings. The van der Waals surface area contributed by atoms with Crippen molar-refractivity contribution in [1.82, 2.24) is 5.43 Å². The minimum Gasteiger partial charge on any atom is -0.481 e. The highest BCUT2D eigenvalue weighted by Gasteiger charge is 1.65. The van der Waals surface area contributed by atoms with E-state index < -0.39 is 5.97 Å². The zero-order valence-electron chi connectivity index (χ0n) is 4.43. The molecule has 0 aliphatic heterocycles. The van der Waals surface area contributed by atoms with Gasteiger partial charge in [-0.1, -0.05) is 0 Å². The SMILES string of the molecule is CC(=O)O.CNN. The predicted molar refractivity (Wildman–Crippen MR) is 26.6 cm³/mol. The van der Waals surface area contributed by atoms with E-state index >= 15 is 0 Å². The highest BCUT2D eigenvalue weighted by molar-refractivity contribution is 5.62. The molecule has 0 unspecified atom stereocenters. The third kappa shape index (κ3) is 166. The van der Waals surface area contributed by atoms with Crippen molar-refractivity contribution < 1.29 is 9.90 Å². The standard InChI is InChI=1S/C2H4O2.CH6N2/c1-2(3)4;1-3-2/h1H3,(H,3,4);3H,2H2,1H3. The molecule has 0 saturated heterocycles. The fourth-order valence-corrected chi connectivity index (χ4v) is 0. The Morgan fingerprint density at radius 1 is 1.86 bits per heavy atom. The molecule has 44 valence electrons. The van der Waals surface area contributed by atoms with Crippen LogP contribution in [0, 0.1) is 0 Å². The summed E-state index contributed by atoms with van der Waals surface area (Å²) in [6.07, 6.45) is 0. The fourth-order valence-electron chi connectivity index (χ4n) is 0. The van der Waals surface area contributed by atoms with Crippen LogP contribution in [-0.4, -0.2) is 18.1 Å². The van der Waals surface area contributed by atoms with Crippen LogP contribution in [0.5, 0.6) is 0 Å². The van der Waals surface area contributed by atoms with E-state index in [0.29, 0.717) is 0 Å². The lowest BCUT2D eigenvalue weighted by molar-refractivity contribution is -0.134. The average Bonchev–Trinajstić information content (AvgIpc) is 1.33. The Morgan fingerprint density at radius 2 is 1.86 bits per heavy atom. The van der Waals surface area contributed by atoms with E-state index in [1.807, 2.05) is 0 Å². The van der Waals surface area contributed by atoms with Gasteiger partial charge in [-0.25, -0.2) is 0 Å². The molecule has 0 spiro atoms. The van der Waals surface area contributed by atoms with Crippen molar-refractivity contribution in [3.05, 3.63) is 0 Å². The Hall–Kier alpha value is -0.610. The Balaban J connectivity index is 0. The zero-order chi connectivity index (χ0) is 6.28. The van der Waals surface area contributed by atoms with Gasteiger partial charge in [0.1, 0.15) is 0 Å². The summed E-state index contributed by atoms with van der Waals surface area (Å²) >= 11 is 0. The second-order valence-corrected chi connectivity index (χ2v) is 0.808. The summed E-state index contributed by atoms with van der Waals surface area (Å²) in [4.78, 5) is 9.00.